The molecule has 1 saturated heterocycles. The third kappa shape index (κ3) is 2.99. The summed E-state index contributed by atoms with van der Waals surface area (Å²) in [6, 6.07) is 0. The third-order valence-electron chi connectivity index (χ3n) is 1.73. The molecule has 1 heterocycles. The van der Waals surface area contributed by atoms with Crippen molar-refractivity contribution >= 4 is 15.9 Å². The quantitative estimate of drug-likeness (QED) is 0.701. The molecular weight excluding hydrogens is 196 g/mol. The maximum absolute atomic E-state index is 8.94. The minimum Gasteiger partial charge on any atom is -0.382 e. The lowest BCUT2D eigenvalue weighted by Crippen LogP contribution is -2.22. The molecule has 0 radical (unpaired) electrons. The molecule has 1 aliphatic heterocycles. The van der Waals surface area contributed by atoms with E-state index in [1.54, 1.807) is 0 Å². The summed E-state index contributed by atoms with van der Waals surface area (Å²) in [6.07, 6.45) is 4.52. The van der Waals surface area contributed by atoms with Crippen molar-refractivity contribution in [1.29, 1.82) is 0 Å². The maximum atomic E-state index is 8.94. The van der Waals surface area contributed by atoms with Crippen LogP contribution in [0, 0.1) is 0 Å². The first-order chi connectivity index (χ1) is 4.79. The van der Waals surface area contributed by atoms with Gasteiger partial charge in [0, 0.05) is 13.0 Å². The lowest BCUT2D eigenvalue weighted by Gasteiger charge is -2.22. The van der Waals surface area contributed by atoms with Crippen LogP contribution < -0.4 is 0 Å². The summed E-state index contributed by atoms with van der Waals surface area (Å²) in [6.45, 7) is 0.865. The van der Waals surface area contributed by atoms with Gasteiger partial charge in [-0.15, -0.1) is 0 Å². The van der Waals surface area contributed by atoms with Crippen LogP contribution in [0.3, 0.4) is 0 Å². The average Bonchev–Trinajstić information content (AvgIpc) is 1.88. The number of aliphatic hydroxyl groups is 1. The van der Waals surface area contributed by atoms with Crippen LogP contribution in [0.25, 0.3) is 0 Å². The molecular formula is C7H13BrO2. The van der Waals surface area contributed by atoms with Gasteiger partial charge < -0.3 is 9.84 Å². The van der Waals surface area contributed by atoms with Gasteiger partial charge >= 0.3 is 0 Å². The Morgan fingerprint density at radius 3 is 2.90 bits per heavy atom. The Bertz CT molecular complexity index is 89.6. The Kier molecular flexibility index (Phi) is 3.66. The molecule has 0 spiro atoms. The summed E-state index contributed by atoms with van der Waals surface area (Å²) in [5, 5.41) is 8.55. The summed E-state index contributed by atoms with van der Waals surface area (Å²) in [7, 11) is 0. The highest BCUT2D eigenvalue weighted by Gasteiger charge is 2.15. The van der Waals surface area contributed by atoms with Crippen LogP contribution in [0.2, 0.25) is 0 Å². The molecule has 10 heavy (non-hydrogen) atoms. The van der Waals surface area contributed by atoms with Crippen LogP contribution in [0.1, 0.15) is 25.7 Å². The number of hydrogen-bond donors (Lipinski definition) is 1. The van der Waals surface area contributed by atoms with Crippen molar-refractivity contribution in [3.63, 3.8) is 0 Å². The number of rotatable bonds is 2. The Balaban J connectivity index is 2.13. The number of alkyl halides is 1. The fourth-order valence-corrected chi connectivity index (χ4v) is 1.63. The van der Waals surface area contributed by atoms with Gasteiger partial charge in [0.25, 0.3) is 0 Å². The Morgan fingerprint density at radius 2 is 2.40 bits per heavy atom. The predicted molar refractivity (Wildman–Crippen MR) is 43.1 cm³/mol. The number of hydrogen-bond acceptors (Lipinski definition) is 2. The summed E-state index contributed by atoms with van der Waals surface area (Å²) in [5.74, 6) is 0. The predicted octanol–water partition coefficient (Wildman–Crippen LogP) is 1.66. The van der Waals surface area contributed by atoms with Crippen LogP contribution in [-0.2, 0) is 4.74 Å². The summed E-state index contributed by atoms with van der Waals surface area (Å²) in [5.41, 5.74) is 0. The first kappa shape index (κ1) is 8.50. The van der Waals surface area contributed by atoms with Gasteiger partial charge in [-0.1, -0.05) is 15.9 Å². The van der Waals surface area contributed by atoms with Crippen LogP contribution in [0.15, 0.2) is 0 Å². The number of halogens is 1. The second kappa shape index (κ2) is 4.31. The van der Waals surface area contributed by atoms with Crippen molar-refractivity contribution in [2.75, 3.05) is 6.61 Å². The van der Waals surface area contributed by atoms with E-state index in [0.717, 1.165) is 19.4 Å². The molecule has 3 heteroatoms. The zero-order chi connectivity index (χ0) is 7.40. The van der Waals surface area contributed by atoms with Gasteiger partial charge in [-0.3, -0.25) is 0 Å². The molecule has 1 N–H and O–H groups in total. The van der Waals surface area contributed by atoms with Gasteiger partial charge in [0.15, 0.2) is 0 Å². The molecule has 1 aliphatic rings. The molecule has 2 unspecified atom stereocenters. The zero-order valence-corrected chi connectivity index (χ0v) is 7.51. The summed E-state index contributed by atoms with van der Waals surface area (Å²) in [4.78, 5) is 0. The molecule has 0 saturated carbocycles. The van der Waals surface area contributed by atoms with E-state index >= 15 is 0 Å². The van der Waals surface area contributed by atoms with E-state index in [1.165, 1.54) is 12.8 Å². The van der Waals surface area contributed by atoms with Gasteiger partial charge in [0.2, 0.25) is 0 Å². The zero-order valence-electron chi connectivity index (χ0n) is 5.92. The number of aliphatic hydroxyl groups excluding tert-OH is 1. The molecule has 0 aliphatic carbocycles. The summed E-state index contributed by atoms with van der Waals surface area (Å²) < 4.78 is 5.40. The van der Waals surface area contributed by atoms with Crippen LogP contribution in [0.5, 0.6) is 0 Å². The molecule has 0 aromatic heterocycles. The van der Waals surface area contributed by atoms with Crippen molar-refractivity contribution < 1.29 is 9.84 Å². The Hall–Kier alpha value is 0.400. The average molecular weight is 209 g/mol. The fraction of sp³-hybridized carbons (Fsp3) is 1.00. The maximum Gasteiger partial charge on any atom is 0.111 e. The van der Waals surface area contributed by atoms with Crippen LogP contribution in [0.4, 0.5) is 0 Å². The van der Waals surface area contributed by atoms with Gasteiger partial charge in [-0.2, -0.15) is 0 Å². The van der Waals surface area contributed by atoms with Crippen molar-refractivity contribution in [3.05, 3.63) is 0 Å². The highest BCUT2D eigenvalue weighted by molar-refractivity contribution is 9.09. The van der Waals surface area contributed by atoms with E-state index < -0.39 is 5.01 Å². The monoisotopic (exact) mass is 208 g/mol. The van der Waals surface area contributed by atoms with E-state index in [0.29, 0.717) is 0 Å². The van der Waals surface area contributed by atoms with Crippen molar-refractivity contribution in [2.45, 2.75) is 36.8 Å². The van der Waals surface area contributed by atoms with Crippen LogP contribution >= 0.6 is 15.9 Å². The molecule has 60 valence electrons. The van der Waals surface area contributed by atoms with Crippen molar-refractivity contribution in [3.8, 4) is 0 Å². The van der Waals surface area contributed by atoms with Crippen molar-refractivity contribution in [1.82, 2.24) is 0 Å². The van der Waals surface area contributed by atoms with Gasteiger partial charge in [0.1, 0.15) is 5.01 Å². The third-order valence-corrected chi connectivity index (χ3v) is 2.11. The van der Waals surface area contributed by atoms with Gasteiger partial charge in [-0.05, 0) is 19.3 Å². The second-order valence-electron chi connectivity index (χ2n) is 2.66. The summed E-state index contributed by atoms with van der Waals surface area (Å²) >= 11 is 3.09. The minimum atomic E-state index is -0.393. The fourth-order valence-electron chi connectivity index (χ4n) is 1.21. The van der Waals surface area contributed by atoms with Crippen LogP contribution in [-0.4, -0.2) is 22.8 Å². The van der Waals surface area contributed by atoms with E-state index in [9.17, 15) is 0 Å². The topological polar surface area (TPSA) is 29.5 Å². The number of ether oxygens (including phenoxy) is 1. The molecule has 0 bridgehead atoms. The lowest BCUT2D eigenvalue weighted by atomic mass is 10.1. The largest absolute Gasteiger partial charge is 0.382 e. The molecule has 0 aromatic rings. The van der Waals surface area contributed by atoms with E-state index in [-0.39, 0.29) is 6.10 Å². The Labute approximate surface area is 69.7 Å². The Morgan fingerprint density at radius 1 is 1.60 bits per heavy atom. The van der Waals surface area contributed by atoms with Gasteiger partial charge in [0.05, 0.1) is 6.10 Å². The molecule has 2 atom stereocenters. The van der Waals surface area contributed by atoms with Gasteiger partial charge in [-0.25, -0.2) is 0 Å². The first-order valence-corrected chi connectivity index (χ1v) is 4.64. The second-order valence-corrected chi connectivity index (χ2v) is 3.72. The lowest BCUT2D eigenvalue weighted by molar-refractivity contribution is -0.00115. The smallest absolute Gasteiger partial charge is 0.111 e. The normalized spacial score (nSPS) is 30.0. The highest BCUT2D eigenvalue weighted by atomic mass is 79.9. The van der Waals surface area contributed by atoms with Crippen molar-refractivity contribution in [2.24, 2.45) is 0 Å². The molecule has 1 rings (SSSR count). The van der Waals surface area contributed by atoms with E-state index in [2.05, 4.69) is 15.9 Å². The first-order valence-electron chi connectivity index (χ1n) is 3.73. The molecule has 0 aromatic carbocycles. The van der Waals surface area contributed by atoms with E-state index in [4.69, 9.17) is 9.84 Å². The molecule has 2 nitrogen and oxygen atoms in total. The minimum absolute atomic E-state index is 0.281. The molecule has 1 fully saturated rings. The van der Waals surface area contributed by atoms with E-state index in [1.807, 2.05) is 0 Å². The standard InChI is InChI=1S/C7H13BrO2/c8-7(9)5-6-3-1-2-4-10-6/h6-7,9H,1-5H2. The molecule has 0 amide bonds. The SMILES string of the molecule is OC(Br)CC1CCCCO1. The highest BCUT2D eigenvalue weighted by Crippen LogP contribution is 2.18.